The van der Waals surface area contributed by atoms with Gasteiger partial charge in [0.25, 0.3) is 11.5 Å². The van der Waals surface area contributed by atoms with Crippen molar-refractivity contribution in [2.45, 2.75) is 39.5 Å². The van der Waals surface area contributed by atoms with Gasteiger partial charge in [-0.3, -0.25) is 14.7 Å². The van der Waals surface area contributed by atoms with Crippen LogP contribution >= 0.6 is 0 Å². The zero-order valence-electron chi connectivity index (χ0n) is 13.8. The Bertz CT molecular complexity index is 673. The summed E-state index contributed by atoms with van der Waals surface area (Å²) in [5.41, 5.74) is 0.773. The van der Waals surface area contributed by atoms with Gasteiger partial charge >= 0.3 is 0 Å². The molecule has 0 radical (unpaired) electrons. The maximum absolute atomic E-state index is 12.2. The van der Waals surface area contributed by atoms with Gasteiger partial charge in [0.2, 0.25) is 0 Å². The summed E-state index contributed by atoms with van der Waals surface area (Å²) in [5, 5.41) is 5.80. The van der Waals surface area contributed by atoms with Crippen LogP contribution in [0.2, 0.25) is 0 Å². The molecule has 2 rings (SSSR count). The molecule has 124 valence electrons. The molecular formula is C18H25N3O2. The van der Waals surface area contributed by atoms with Gasteiger partial charge in [-0.2, -0.15) is 0 Å². The molecule has 0 saturated carbocycles. The molecule has 1 amide bonds. The molecule has 23 heavy (non-hydrogen) atoms. The van der Waals surface area contributed by atoms with E-state index >= 15 is 0 Å². The molecule has 1 aromatic heterocycles. The van der Waals surface area contributed by atoms with E-state index in [4.69, 9.17) is 0 Å². The molecule has 0 saturated heterocycles. The van der Waals surface area contributed by atoms with Crippen LogP contribution < -0.4 is 10.9 Å². The molecule has 0 fully saturated rings. The van der Waals surface area contributed by atoms with E-state index in [-0.39, 0.29) is 11.5 Å². The summed E-state index contributed by atoms with van der Waals surface area (Å²) in [5.74, 6) is 0.258. The summed E-state index contributed by atoms with van der Waals surface area (Å²) in [6.45, 7) is 4.95. The van der Waals surface area contributed by atoms with Crippen molar-refractivity contribution in [3.8, 4) is 5.69 Å². The molecule has 0 bridgehead atoms. The molecule has 0 aliphatic heterocycles. The average Bonchev–Trinajstić information content (AvgIpc) is 2.97. The van der Waals surface area contributed by atoms with E-state index in [1.165, 1.54) is 17.2 Å². The minimum absolute atomic E-state index is 0.230. The number of nitrogens with one attached hydrogen (secondary N) is 2. The maximum atomic E-state index is 12.2. The summed E-state index contributed by atoms with van der Waals surface area (Å²) < 4.78 is 1.38. The first-order valence-corrected chi connectivity index (χ1v) is 8.31. The van der Waals surface area contributed by atoms with E-state index in [0.29, 0.717) is 23.8 Å². The summed E-state index contributed by atoms with van der Waals surface area (Å²) in [6, 6.07) is 10.6. The number of rotatable bonds is 8. The molecule has 0 aliphatic carbocycles. The van der Waals surface area contributed by atoms with E-state index in [1.807, 2.05) is 30.3 Å². The monoisotopic (exact) mass is 315 g/mol. The molecule has 1 atom stereocenters. The highest BCUT2D eigenvalue weighted by Crippen LogP contribution is 2.11. The Morgan fingerprint density at radius 1 is 1.26 bits per heavy atom. The number of H-pyrrole nitrogens is 1. The van der Waals surface area contributed by atoms with Gasteiger partial charge in [0, 0.05) is 12.6 Å². The lowest BCUT2D eigenvalue weighted by Gasteiger charge is -2.14. The molecule has 1 aromatic carbocycles. The van der Waals surface area contributed by atoms with Gasteiger partial charge in [0.1, 0.15) is 5.69 Å². The predicted octanol–water partition coefficient (Wildman–Crippen LogP) is 3.11. The van der Waals surface area contributed by atoms with Gasteiger partial charge in [0.15, 0.2) is 0 Å². The largest absolute Gasteiger partial charge is 0.350 e. The topological polar surface area (TPSA) is 66.9 Å². The van der Waals surface area contributed by atoms with Gasteiger partial charge in [-0.15, -0.1) is 0 Å². The number of hydrogen-bond donors (Lipinski definition) is 2. The number of carbonyl (C=O) groups is 1. The molecule has 5 heteroatoms. The van der Waals surface area contributed by atoms with Crippen LogP contribution in [-0.4, -0.2) is 22.2 Å². The lowest BCUT2D eigenvalue weighted by atomic mass is 9.99. The minimum Gasteiger partial charge on any atom is -0.350 e. The number of benzene rings is 1. The van der Waals surface area contributed by atoms with Gasteiger partial charge in [-0.05, 0) is 24.5 Å². The second-order valence-corrected chi connectivity index (χ2v) is 5.81. The van der Waals surface area contributed by atoms with E-state index < -0.39 is 0 Å². The Hall–Kier alpha value is -2.30. The summed E-state index contributed by atoms with van der Waals surface area (Å²) in [6.07, 6.45) is 4.50. The van der Waals surface area contributed by atoms with Crippen LogP contribution in [0, 0.1) is 5.92 Å². The molecular weight excluding hydrogens is 290 g/mol. The Balaban J connectivity index is 2.02. The fourth-order valence-electron chi connectivity index (χ4n) is 2.56. The zero-order chi connectivity index (χ0) is 16.7. The molecule has 0 spiro atoms. The number of nitrogens with zero attached hydrogens (tertiary/aromatic N) is 1. The quantitative estimate of drug-likeness (QED) is 0.786. The standard InChI is InChI=1S/C18H25N3O2/c1-3-5-9-14(4-2)13-19-18(23)16-12-17(22)21(20-16)15-10-7-6-8-11-15/h6-8,10-12,14,20H,3-5,9,13H2,1-2H3,(H,19,23). The van der Waals surface area contributed by atoms with Gasteiger partial charge in [-0.25, -0.2) is 4.68 Å². The van der Waals surface area contributed by atoms with Crippen LogP contribution in [-0.2, 0) is 0 Å². The van der Waals surface area contributed by atoms with Crippen molar-refractivity contribution >= 4 is 5.91 Å². The first-order valence-electron chi connectivity index (χ1n) is 8.31. The number of para-hydroxylation sites is 1. The SMILES string of the molecule is CCCCC(CC)CNC(=O)c1cc(=O)n(-c2ccccc2)[nH]1. The summed E-state index contributed by atoms with van der Waals surface area (Å²) in [4.78, 5) is 24.3. The number of unbranched alkanes of at least 4 members (excludes halogenated alkanes) is 1. The highest BCUT2D eigenvalue weighted by atomic mass is 16.2. The number of aromatic amines is 1. The second kappa shape index (κ2) is 8.36. The third kappa shape index (κ3) is 4.58. The third-order valence-electron chi connectivity index (χ3n) is 4.07. The third-order valence-corrected chi connectivity index (χ3v) is 4.07. The normalized spacial score (nSPS) is 12.1. The molecule has 2 N–H and O–H groups in total. The van der Waals surface area contributed by atoms with Crippen molar-refractivity contribution in [1.82, 2.24) is 15.1 Å². The molecule has 1 unspecified atom stereocenters. The lowest BCUT2D eigenvalue weighted by molar-refractivity contribution is 0.0940. The fraction of sp³-hybridized carbons (Fsp3) is 0.444. The second-order valence-electron chi connectivity index (χ2n) is 5.81. The Labute approximate surface area is 136 Å². The van der Waals surface area contributed by atoms with Gasteiger partial charge in [-0.1, -0.05) is 51.3 Å². The average molecular weight is 315 g/mol. The smallest absolute Gasteiger partial charge is 0.271 e. The lowest BCUT2D eigenvalue weighted by Crippen LogP contribution is -2.29. The van der Waals surface area contributed by atoms with Crippen LogP contribution in [0.15, 0.2) is 41.2 Å². The van der Waals surface area contributed by atoms with E-state index in [1.54, 1.807) is 0 Å². The van der Waals surface area contributed by atoms with Crippen molar-refractivity contribution < 1.29 is 4.79 Å². The van der Waals surface area contributed by atoms with E-state index in [9.17, 15) is 9.59 Å². The predicted molar refractivity (Wildman–Crippen MR) is 92.0 cm³/mol. The fourth-order valence-corrected chi connectivity index (χ4v) is 2.56. The molecule has 5 nitrogen and oxygen atoms in total. The Morgan fingerprint density at radius 3 is 2.65 bits per heavy atom. The van der Waals surface area contributed by atoms with E-state index in [2.05, 4.69) is 24.3 Å². The number of carbonyl (C=O) groups excluding carboxylic acids is 1. The Morgan fingerprint density at radius 2 is 2.00 bits per heavy atom. The van der Waals surface area contributed by atoms with Crippen molar-refractivity contribution in [3.05, 3.63) is 52.4 Å². The first kappa shape index (κ1) is 17.1. The van der Waals surface area contributed by atoms with Crippen molar-refractivity contribution in [2.75, 3.05) is 6.54 Å². The zero-order valence-corrected chi connectivity index (χ0v) is 13.8. The molecule has 2 aromatic rings. The van der Waals surface area contributed by atoms with Crippen molar-refractivity contribution in [1.29, 1.82) is 0 Å². The van der Waals surface area contributed by atoms with E-state index in [0.717, 1.165) is 19.3 Å². The minimum atomic E-state index is -0.237. The maximum Gasteiger partial charge on any atom is 0.271 e. The summed E-state index contributed by atoms with van der Waals surface area (Å²) in [7, 11) is 0. The van der Waals surface area contributed by atoms with Crippen molar-refractivity contribution in [2.24, 2.45) is 5.92 Å². The molecule has 0 aliphatic rings. The Kier molecular flexibility index (Phi) is 6.20. The highest BCUT2D eigenvalue weighted by molar-refractivity contribution is 5.92. The van der Waals surface area contributed by atoms with Gasteiger partial charge in [0.05, 0.1) is 5.69 Å². The van der Waals surface area contributed by atoms with Crippen LogP contribution in [0.3, 0.4) is 0 Å². The van der Waals surface area contributed by atoms with Crippen LogP contribution in [0.4, 0.5) is 0 Å². The van der Waals surface area contributed by atoms with Crippen LogP contribution in [0.1, 0.15) is 50.0 Å². The molecule has 1 heterocycles. The van der Waals surface area contributed by atoms with Gasteiger partial charge < -0.3 is 5.32 Å². The van der Waals surface area contributed by atoms with Crippen LogP contribution in [0.5, 0.6) is 0 Å². The highest BCUT2D eigenvalue weighted by Gasteiger charge is 2.13. The first-order chi connectivity index (χ1) is 11.2. The van der Waals surface area contributed by atoms with Crippen LogP contribution in [0.25, 0.3) is 5.69 Å². The summed E-state index contributed by atoms with van der Waals surface area (Å²) >= 11 is 0. The number of amides is 1. The number of aromatic nitrogens is 2. The number of hydrogen-bond acceptors (Lipinski definition) is 2. The van der Waals surface area contributed by atoms with Crippen molar-refractivity contribution in [3.63, 3.8) is 0 Å².